The van der Waals surface area contributed by atoms with E-state index in [1.54, 1.807) is 31.1 Å². The van der Waals surface area contributed by atoms with E-state index < -0.39 is 17.8 Å². The van der Waals surface area contributed by atoms with Crippen molar-refractivity contribution in [2.45, 2.75) is 12.2 Å². The Labute approximate surface area is 148 Å². The number of rotatable bonds is 5. The Bertz CT molecular complexity index is 762. The van der Waals surface area contributed by atoms with Crippen LogP contribution in [0.5, 0.6) is 0 Å². The molecular formula is C18H19F4N3O. The predicted molar refractivity (Wildman–Crippen MR) is 91.3 cm³/mol. The van der Waals surface area contributed by atoms with Crippen LogP contribution < -0.4 is 10.6 Å². The number of nitrogens with zero attached hydrogens (tertiary/aromatic N) is 1. The molecule has 1 unspecified atom stereocenters. The van der Waals surface area contributed by atoms with Crippen LogP contribution in [0, 0.1) is 5.82 Å². The SMILES string of the molecule is CN(C)C(CNC(=O)Nc1cccc(C(F)(F)F)c1)c1cccc(F)c1. The lowest BCUT2D eigenvalue weighted by Crippen LogP contribution is -2.37. The Morgan fingerprint density at radius 2 is 1.81 bits per heavy atom. The fraction of sp³-hybridized carbons (Fsp3) is 0.278. The van der Waals surface area contributed by atoms with Gasteiger partial charge in [0.1, 0.15) is 5.82 Å². The van der Waals surface area contributed by atoms with Gasteiger partial charge in [0.2, 0.25) is 0 Å². The van der Waals surface area contributed by atoms with E-state index in [1.165, 1.54) is 24.3 Å². The molecule has 0 aliphatic heterocycles. The summed E-state index contributed by atoms with van der Waals surface area (Å²) in [6, 6.07) is 9.43. The zero-order chi connectivity index (χ0) is 19.3. The summed E-state index contributed by atoms with van der Waals surface area (Å²) in [5.74, 6) is -0.386. The molecule has 4 nitrogen and oxygen atoms in total. The highest BCUT2D eigenvalue weighted by Gasteiger charge is 2.30. The van der Waals surface area contributed by atoms with Crippen LogP contribution in [-0.2, 0) is 6.18 Å². The number of carbonyl (C=O) groups is 1. The van der Waals surface area contributed by atoms with E-state index in [4.69, 9.17) is 0 Å². The highest BCUT2D eigenvalue weighted by molar-refractivity contribution is 5.89. The second-order valence-corrected chi connectivity index (χ2v) is 5.95. The van der Waals surface area contributed by atoms with Crippen LogP contribution in [0.25, 0.3) is 0 Å². The minimum atomic E-state index is -4.48. The molecule has 2 aromatic rings. The van der Waals surface area contributed by atoms with Gasteiger partial charge in [0.15, 0.2) is 0 Å². The number of halogens is 4. The minimum absolute atomic E-state index is 0.0319. The van der Waals surface area contributed by atoms with Crippen LogP contribution >= 0.6 is 0 Å². The van der Waals surface area contributed by atoms with Crippen molar-refractivity contribution in [3.8, 4) is 0 Å². The largest absolute Gasteiger partial charge is 0.416 e. The van der Waals surface area contributed by atoms with Gasteiger partial charge in [-0.3, -0.25) is 0 Å². The highest BCUT2D eigenvalue weighted by Crippen LogP contribution is 2.30. The lowest BCUT2D eigenvalue weighted by Gasteiger charge is -2.25. The average molecular weight is 369 g/mol. The van der Waals surface area contributed by atoms with Crippen LogP contribution in [0.4, 0.5) is 28.0 Å². The summed E-state index contributed by atoms with van der Waals surface area (Å²) in [4.78, 5) is 13.8. The first kappa shape index (κ1) is 19.7. The monoisotopic (exact) mass is 369 g/mol. The first-order valence-corrected chi connectivity index (χ1v) is 7.81. The molecule has 140 valence electrons. The van der Waals surface area contributed by atoms with E-state index in [2.05, 4.69) is 10.6 Å². The molecule has 0 spiro atoms. The van der Waals surface area contributed by atoms with Gasteiger partial charge in [-0.15, -0.1) is 0 Å². The number of benzene rings is 2. The van der Waals surface area contributed by atoms with E-state index in [0.29, 0.717) is 5.56 Å². The molecule has 2 N–H and O–H groups in total. The Hall–Kier alpha value is -2.61. The molecule has 0 saturated carbocycles. The maximum absolute atomic E-state index is 13.4. The fourth-order valence-electron chi connectivity index (χ4n) is 2.45. The van der Waals surface area contributed by atoms with Gasteiger partial charge in [0, 0.05) is 12.2 Å². The molecule has 0 radical (unpaired) electrons. The van der Waals surface area contributed by atoms with Gasteiger partial charge in [-0.1, -0.05) is 18.2 Å². The summed E-state index contributed by atoms with van der Waals surface area (Å²) in [7, 11) is 3.56. The lowest BCUT2D eigenvalue weighted by molar-refractivity contribution is -0.137. The maximum atomic E-state index is 13.4. The number of urea groups is 1. The van der Waals surface area contributed by atoms with Gasteiger partial charge in [0.05, 0.1) is 11.6 Å². The Kier molecular flexibility index (Phi) is 6.20. The third-order valence-corrected chi connectivity index (χ3v) is 3.76. The van der Waals surface area contributed by atoms with Crippen molar-refractivity contribution in [1.29, 1.82) is 0 Å². The van der Waals surface area contributed by atoms with Crippen molar-refractivity contribution in [2.75, 3.05) is 26.0 Å². The van der Waals surface area contributed by atoms with Gasteiger partial charge >= 0.3 is 12.2 Å². The van der Waals surface area contributed by atoms with Crippen molar-refractivity contribution in [3.05, 3.63) is 65.5 Å². The number of carbonyl (C=O) groups excluding carboxylic acids is 1. The van der Waals surface area contributed by atoms with E-state index >= 15 is 0 Å². The first-order chi connectivity index (χ1) is 12.2. The van der Waals surface area contributed by atoms with Crippen molar-refractivity contribution < 1.29 is 22.4 Å². The molecule has 0 aliphatic rings. The van der Waals surface area contributed by atoms with E-state index in [0.717, 1.165) is 12.1 Å². The molecule has 2 rings (SSSR count). The van der Waals surface area contributed by atoms with E-state index in [-0.39, 0.29) is 24.1 Å². The van der Waals surface area contributed by atoms with Gasteiger partial charge in [-0.2, -0.15) is 13.2 Å². The van der Waals surface area contributed by atoms with Gasteiger partial charge in [0.25, 0.3) is 0 Å². The summed E-state index contributed by atoms with van der Waals surface area (Å²) >= 11 is 0. The lowest BCUT2D eigenvalue weighted by atomic mass is 10.1. The normalized spacial score (nSPS) is 12.7. The number of hydrogen-bond donors (Lipinski definition) is 2. The summed E-state index contributed by atoms with van der Waals surface area (Å²) in [6.07, 6.45) is -4.48. The number of likely N-dealkylation sites (N-methyl/N-ethyl adjacent to an activating group) is 1. The summed E-state index contributed by atoms with van der Waals surface area (Å²) < 4.78 is 51.5. The fourth-order valence-corrected chi connectivity index (χ4v) is 2.45. The zero-order valence-corrected chi connectivity index (χ0v) is 14.3. The van der Waals surface area contributed by atoms with Crippen LogP contribution in [0.15, 0.2) is 48.5 Å². The summed E-state index contributed by atoms with van der Waals surface area (Å²) in [5.41, 5.74) is -0.139. The molecule has 8 heteroatoms. The van der Waals surface area contributed by atoms with Gasteiger partial charge in [-0.05, 0) is 50.0 Å². The third-order valence-electron chi connectivity index (χ3n) is 3.76. The molecule has 0 aliphatic carbocycles. The molecule has 1 atom stereocenters. The molecule has 0 heterocycles. The van der Waals surface area contributed by atoms with Crippen LogP contribution in [0.2, 0.25) is 0 Å². The second-order valence-electron chi connectivity index (χ2n) is 5.95. The number of hydrogen-bond acceptors (Lipinski definition) is 2. The second kappa shape index (κ2) is 8.18. The molecule has 0 bridgehead atoms. The maximum Gasteiger partial charge on any atom is 0.416 e. The Balaban J connectivity index is 2.01. The summed E-state index contributed by atoms with van der Waals surface area (Å²) in [5, 5.41) is 4.96. The Morgan fingerprint density at radius 3 is 2.42 bits per heavy atom. The number of nitrogens with one attached hydrogen (secondary N) is 2. The standard InChI is InChI=1S/C18H19F4N3O/c1-25(2)16(12-5-3-7-14(19)9-12)11-23-17(26)24-15-8-4-6-13(10-15)18(20,21)22/h3-10,16H,11H2,1-2H3,(H2,23,24,26). The molecule has 0 fully saturated rings. The molecule has 26 heavy (non-hydrogen) atoms. The molecule has 0 aromatic heterocycles. The number of anilines is 1. The van der Waals surface area contributed by atoms with E-state index in [1.807, 2.05) is 0 Å². The molecule has 0 saturated heterocycles. The predicted octanol–water partition coefficient (Wildman–Crippen LogP) is 4.27. The smallest absolute Gasteiger partial charge is 0.336 e. The highest BCUT2D eigenvalue weighted by atomic mass is 19.4. The first-order valence-electron chi connectivity index (χ1n) is 7.81. The topological polar surface area (TPSA) is 44.4 Å². The van der Waals surface area contributed by atoms with Crippen molar-refractivity contribution in [1.82, 2.24) is 10.2 Å². The van der Waals surface area contributed by atoms with Gasteiger partial charge in [-0.25, -0.2) is 9.18 Å². The van der Waals surface area contributed by atoms with Crippen molar-refractivity contribution in [2.24, 2.45) is 0 Å². The van der Waals surface area contributed by atoms with Crippen LogP contribution in [0.1, 0.15) is 17.2 Å². The van der Waals surface area contributed by atoms with Gasteiger partial charge < -0.3 is 15.5 Å². The molecular weight excluding hydrogens is 350 g/mol. The van der Waals surface area contributed by atoms with Crippen molar-refractivity contribution >= 4 is 11.7 Å². The number of alkyl halides is 3. The summed E-state index contributed by atoms with van der Waals surface area (Å²) in [6.45, 7) is 0.154. The molecule has 2 aromatic carbocycles. The van der Waals surface area contributed by atoms with Crippen LogP contribution in [-0.4, -0.2) is 31.6 Å². The minimum Gasteiger partial charge on any atom is -0.336 e. The average Bonchev–Trinajstić information content (AvgIpc) is 2.54. The van der Waals surface area contributed by atoms with Crippen LogP contribution in [0.3, 0.4) is 0 Å². The Morgan fingerprint density at radius 1 is 1.12 bits per heavy atom. The number of amides is 2. The third kappa shape index (κ3) is 5.45. The van der Waals surface area contributed by atoms with Crippen molar-refractivity contribution in [3.63, 3.8) is 0 Å². The quantitative estimate of drug-likeness (QED) is 0.773. The molecule has 2 amide bonds. The zero-order valence-electron chi connectivity index (χ0n) is 14.3. The van der Waals surface area contributed by atoms with E-state index in [9.17, 15) is 22.4 Å².